The summed E-state index contributed by atoms with van der Waals surface area (Å²) in [5.41, 5.74) is 7.03. The lowest BCUT2D eigenvalue weighted by Crippen LogP contribution is -2.38. The van der Waals surface area contributed by atoms with Crippen LogP contribution in [0.25, 0.3) is 5.76 Å². The molecule has 1 fully saturated rings. The molecule has 1 aliphatic heterocycles. The lowest BCUT2D eigenvalue weighted by atomic mass is 9.94. The number of hydrogen-bond donors (Lipinski definition) is 2. The van der Waals surface area contributed by atoms with Crippen LogP contribution in [0.1, 0.15) is 56.3 Å². The number of nitrogens with zero attached hydrogens (tertiary/aromatic N) is 2. The van der Waals surface area contributed by atoms with Crippen molar-refractivity contribution < 1.29 is 29.0 Å². The van der Waals surface area contributed by atoms with Gasteiger partial charge in [0.25, 0.3) is 17.6 Å². The molecule has 9 nitrogen and oxygen atoms in total. The molecule has 3 N–H and O–H groups in total. The van der Waals surface area contributed by atoms with Gasteiger partial charge in [0.05, 0.1) is 18.2 Å². The van der Waals surface area contributed by atoms with Crippen LogP contribution in [0.2, 0.25) is 0 Å². The standard InChI is InChI=1S/C30H39N3O6/c1-5-8-17-38-23-13-14-24(20(4)18-23)28(35)26-27(21-9-11-22(12-10-21)39-19-25(31)34)33(30(37)29(26)36)16-15-32(6-2)7-3/h9-14,18,27,35H,5-8,15-17,19H2,1-4H3,(H2,31,34). The van der Waals surface area contributed by atoms with E-state index in [9.17, 15) is 19.5 Å². The molecule has 2 aromatic rings. The third-order valence-electron chi connectivity index (χ3n) is 6.89. The van der Waals surface area contributed by atoms with E-state index in [1.54, 1.807) is 36.4 Å². The molecule has 2 amide bonds. The van der Waals surface area contributed by atoms with Crippen LogP contribution in [0.5, 0.6) is 11.5 Å². The summed E-state index contributed by atoms with van der Waals surface area (Å²) in [5.74, 6) is -1.10. The summed E-state index contributed by atoms with van der Waals surface area (Å²) < 4.78 is 11.1. The van der Waals surface area contributed by atoms with Crippen molar-refractivity contribution in [3.05, 3.63) is 64.7 Å². The summed E-state index contributed by atoms with van der Waals surface area (Å²) in [6.45, 7) is 10.8. The SMILES string of the molecule is CCCCOc1ccc(C(O)=C2C(=O)C(=O)N(CCN(CC)CC)C2c2ccc(OCC(N)=O)cc2)c(C)c1. The molecule has 0 aromatic heterocycles. The number of aliphatic hydroxyl groups excluding tert-OH is 1. The fourth-order valence-corrected chi connectivity index (χ4v) is 4.62. The van der Waals surface area contributed by atoms with Crippen molar-refractivity contribution in [2.24, 2.45) is 5.73 Å². The van der Waals surface area contributed by atoms with Gasteiger partial charge in [-0.1, -0.05) is 39.3 Å². The number of carbonyl (C=O) groups excluding carboxylic acids is 3. The lowest BCUT2D eigenvalue weighted by molar-refractivity contribution is -0.140. The van der Waals surface area contributed by atoms with Gasteiger partial charge >= 0.3 is 0 Å². The zero-order valence-corrected chi connectivity index (χ0v) is 23.2. The van der Waals surface area contributed by atoms with Crippen LogP contribution in [0.3, 0.4) is 0 Å². The second-order valence-corrected chi connectivity index (χ2v) is 9.52. The van der Waals surface area contributed by atoms with E-state index in [4.69, 9.17) is 15.2 Å². The molecular weight excluding hydrogens is 498 g/mol. The second kappa shape index (κ2) is 13.8. The predicted molar refractivity (Wildman–Crippen MR) is 150 cm³/mol. The number of unbranched alkanes of at least 4 members (excludes halogenated alkanes) is 1. The lowest BCUT2D eigenvalue weighted by Gasteiger charge is -2.28. The molecule has 0 bridgehead atoms. The highest BCUT2D eigenvalue weighted by molar-refractivity contribution is 6.46. The van der Waals surface area contributed by atoms with Crippen LogP contribution in [0.4, 0.5) is 0 Å². The molecule has 1 aliphatic rings. The van der Waals surface area contributed by atoms with Crippen LogP contribution >= 0.6 is 0 Å². The Kier molecular flexibility index (Phi) is 10.5. The smallest absolute Gasteiger partial charge is 0.295 e. The number of benzene rings is 2. The van der Waals surface area contributed by atoms with Crippen molar-refractivity contribution in [2.75, 3.05) is 39.4 Å². The Balaban J connectivity index is 2.03. The van der Waals surface area contributed by atoms with Gasteiger partial charge in [0.15, 0.2) is 6.61 Å². The van der Waals surface area contributed by atoms with Gasteiger partial charge < -0.3 is 30.1 Å². The number of aryl methyl sites for hydroxylation is 1. The Morgan fingerprint density at radius 1 is 1.03 bits per heavy atom. The van der Waals surface area contributed by atoms with E-state index in [0.29, 0.717) is 42.3 Å². The quantitative estimate of drug-likeness (QED) is 0.163. The number of likely N-dealkylation sites (N-methyl/N-ethyl adjacent to an activating group) is 1. The first-order chi connectivity index (χ1) is 18.7. The number of primary amides is 1. The number of aliphatic hydroxyl groups is 1. The molecular formula is C30H39N3O6. The first-order valence-electron chi connectivity index (χ1n) is 13.5. The Labute approximate surface area is 230 Å². The minimum atomic E-state index is -0.786. The van der Waals surface area contributed by atoms with Crippen molar-refractivity contribution in [3.63, 3.8) is 0 Å². The fraction of sp³-hybridized carbons (Fsp3) is 0.433. The second-order valence-electron chi connectivity index (χ2n) is 9.52. The highest BCUT2D eigenvalue weighted by Crippen LogP contribution is 2.40. The number of nitrogens with two attached hydrogens (primary N) is 1. The van der Waals surface area contributed by atoms with Crippen molar-refractivity contribution in [2.45, 2.75) is 46.6 Å². The van der Waals surface area contributed by atoms with Crippen LogP contribution < -0.4 is 15.2 Å². The Morgan fingerprint density at radius 2 is 1.69 bits per heavy atom. The van der Waals surface area contributed by atoms with Gasteiger partial charge in [0.2, 0.25) is 0 Å². The fourth-order valence-electron chi connectivity index (χ4n) is 4.62. The maximum atomic E-state index is 13.4. The van der Waals surface area contributed by atoms with Crippen LogP contribution in [-0.4, -0.2) is 71.9 Å². The summed E-state index contributed by atoms with van der Waals surface area (Å²) in [5, 5.41) is 11.5. The largest absolute Gasteiger partial charge is 0.507 e. The van der Waals surface area contributed by atoms with E-state index < -0.39 is 23.6 Å². The molecule has 210 valence electrons. The van der Waals surface area contributed by atoms with E-state index >= 15 is 0 Å². The number of amides is 2. The monoisotopic (exact) mass is 537 g/mol. The van der Waals surface area contributed by atoms with E-state index in [-0.39, 0.29) is 17.9 Å². The van der Waals surface area contributed by atoms with E-state index in [1.807, 2.05) is 26.8 Å². The summed E-state index contributed by atoms with van der Waals surface area (Å²) in [6, 6.07) is 11.3. The summed E-state index contributed by atoms with van der Waals surface area (Å²) >= 11 is 0. The minimum absolute atomic E-state index is 0.0353. The Bertz CT molecular complexity index is 1200. The summed E-state index contributed by atoms with van der Waals surface area (Å²) in [6.07, 6.45) is 1.95. The molecule has 3 rings (SSSR count). The number of ether oxygens (including phenoxy) is 2. The van der Waals surface area contributed by atoms with Gasteiger partial charge in [0, 0.05) is 18.7 Å². The van der Waals surface area contributed by atoms with Crippen LogP contribution in [-0.2, 0) is 14.4 Å². The number of likely N-dealkylation sites (tertiary alicyclic amines) is 1. The number of rotatable bonds is 14. The van der Waals surface area contributed by atoms with E-state index in [0.717, 1.165) is 31.5 Å². The predicted octanol–water partition coefficient (Wildman–Crippen LogP) is 3.80. The number of Topliss-reactive ketones (excluding diaryl/α,β-unsaturated/α-hetero) is 1. The van der Waals surface area contributed by atoms with E-state index in [2.05, 4.69) is 11.8 Å². The van der Waals surface area contributed by atoms with Gasteiger partial charge in [-0.05, 0) is 67.9 Å². The van der Waals surface area contributed by atoms with Crippen molar-refractivity contribution in [1.82, 2.24) is 9.80 Å². The molecule has 9 heteroatoms. The van der Waals surface area contributed by atoms with Crippen LogP contribution in [0.15, 0.2) is 48.0 Å². The number of hydrogen-bond acceptors (Lipinski definition) is 7. The van der Waals surface area contributed by atoms with Crippen LogP contribution in [0, 0.1) is 6.92 Å². The van der Waals surface area contributed by atoms with Gasteiger partial charge in [-0.25, -0.2) is 0 Å². The molecule has 1 saturated heterocycles. The van der Waals surface area contributed by atoms with Crippen molar-refractivity contribution in [1.29, 1.82) is 0 Å². The first kappa shape index (κ1) is 29.7. The third kappa shape index (κ3) is 7.17. The molecule has 0 aliphatic carbocycles. The Morgan fingerprint density at radius 3 is 2.28 bits per heavy atom. The van der Waals surface area contributed by atoms with Gasteiger partial charge in [-0.2, -0.15) is 0 Å². The average Bonchev–Trinajstić information content (AvgIpc) is 3.17. The minimum Gasteiger partial charge on any atom is -0.507 e. The zero-order valence-electron chi connectivity index (χ0n) is 23.2. The molecule has 1 atom stereocenters. The molecule has 0 saturated carbocycles. The highest BCUT2D eigenvalue weighted by atomic mass is 16.5. The van der Waals surface area contributed by atoms with Crippen molar-refractivity contribution >= 4 is 23.4 Å². The number of ketones is 1. The Hall–Kier alpha value is -3.85. The first-order valence-corrected chi connectivity index (χ1v) is 13.5. The highest BCUT2D eigenvalue weighted by Gasteiger charge is 2.46. The van der Waals surface area contributed by atoms with Gasteiger partial charge in [-0.15, -0.1) is 0 Å². The summed E-state index contributed by atoms with van der Waals surface area (Å²) in [7, 11) is 0. The molecule has 1 heterocycles. The maximum Gasteiger partial charge on any atom is 0.295 e. The molecule has 0 radical (unpaired) electrons. The van der Waals surface area contributed by atoms with Gasteiger partial charge in [-0.3, -0.25) is 14.4 Å². The zero-order chi connectivity index (χ0) is 28.5. The van der Waals surface area contributed by atoms with Gasteiger partial charge in [0.1, 0.15) is 17.3 Å². The van der Waals surface area contributed by atoms with E-state index in [1.165, 1.54) is 4.90 Å². The molecule has 39 heavy (non-hydrogen) atoms. The molecule has 2 aromatic carbocycles. The normalized spacial score (nSPS) is 16.6. The molecule has 0 spiro atoms. The molecule has 1 unspecified atom stereocenters. The summed E-state index contributed by atoms with van der Waals surface area (Å²) in [4.78, 5) is 41.4. The maximum absolute atomic E-state index is 13.4. The third-order valence-corrected chi connectivity index (χ3v) is 6.89. The topological polar surface area (TPSA) is 122 Å². The number of carbonyl (C=O) groups is 3. The average molecular weight is 538 g/mol. The van der Waals surface area contributed by atoms with Crippen molar-refractivity contribution in [3.8, 4) is 11.5 Å².